The van der Waals surface area contributed by atoms with Gasteiger partial charge in [0.1, 0.15) is 11.5 Å². The molecule has 1 aromatic rings. The first-order valence-corrected chi connectivity index (χ1v) is 5.38. The van der Waals surface area contributed by atoms with E-state index in [-0.39, 0.29) is 11.1 Å². The highest BCUT2D eigenvalue weighted by Crippen LogP contribution is 2.39. The largest absolute Gasteiger partial charge is 0.507 e. The van der Waals surface area contributed by atoms with E-state index in [9.17, 15) is 19.8 Å². The van der Waals surface area contributed by atoms with Crippen molar-refractivity contribution in [2.45, 2.75) is 0 Å². The summed E-state index contributed by atoms with van der Waals surface area (Å²) < 4.78 is 0. The minimum absolute atomic E-state index is 0.288. The Hall–Kier alpha value is -1.92. The molecule has 0 heterocycles. The zero-order valence-electron chi connectivity index (χ0n) is 9.33. The van der Waals surface area contributed by atoms with Crippen LogP contribution in [-0.4, -0.2) is 45.2 Å². The molecule has 0 fully saturated rings. The second kappa shape index (κ2) is 4.40. The molecule has 0 saturated heterocycles. The Morgan fingerprint density at radius 2 is 1.17 bits per heavy atom. The van der Waals surface area contributed by atoms with Crippen molar-refractivity contribution in [2.24, 2.45) is 11.8 Å². The summed E-state index contributed by atoms with van der Waals surface area (Å²) in [5, 5.41) is 37.5. The summed E-state index contributed by atoms with van der Waals surface area (Å²) in [5.41, 5.74) is -0.576. The molecule has 0 bridgehead atoms. The lowest BCUT2D eigenvalue weighted by Gasteiger charge is -2.28. The third-order valence-electron chi connectivity index (χ3n) is 3.21. The lowest BCUT2D eigenvalue weighted by Crippen LogP contribution is -2.40. The molecule has 1 aliphatic rings. The van der Waals surface area contributed by atoms with Crippen LogP contribution in [0.5, 0.6) is 11.5 Å². The second-order valence-electron chi connectivity index (χ2n) is 4.16. The summed E-state index contributed by atoms with van der Waals surface area (Å²) in [6.45, 7) is -1.21. The average molecular weight is 252 g/mol. The summed E-state index contributed by atoms with van der Waals surface area (Å²) in [4.78, 5) is 24.1. The van der Waals surface area contributed by atoms with E-state index < -0.39 is 48.1 Å². The monoisotopic (exact) mass is 252 g/mol. The molecule has 0 saturated carbocycles. The number of phenolic OH excluding ortho intramolecular Hbond substituents is 2. The highest BCUT2D eigenvalue weighted by molar-refractivity contribution is 6.18. The summed E-state index contributed by atoms with van der Waals surface area (Å²) in [5.74, 6) is -4.34. The molecule has 6 nitrogen and oxygen atoms in total. The van der Waals surface area contributed by atoms with Gasteiger partial charge in [0.25, 0.3) is 0 Å². The SMILES string of the molecule is O=C1c2c(O)ccc(O)c2C(=O)C(CO)C1CO. The van der Waals surface area contributed by atoms with Crippen LogP contribution >= 0.6 is 0 Å². The van der Waals surface area contributed by atoms with Gasteiger partial charge in [0.15, 0.2) is 11.6 Å². The van der Waals surface area contributed by atoms with E-state index in [0.29, 0.717) is 0 Å². The van der Waals surface area contributed by atoms with Crippen LogP contribution in [0.25, 0.3) is 0 Å². The van der Waals surface area contributed by atoms with Gasteiger partial charge in [-0.1, -0.05) is 0 Å². The molecular formula is C12H12O6. The zero-order valence-corrected chi connectivity index (χ0v) is 9.33. The highest BCUT2D eigenvalue weighted by atomic mass is 16.3. The lowest BCUT2D eigenvalue weighted by molar-refractivity contribution is 0.0553. The number of carbonyl (C=O) groups is 2. The van der Waals surface area contributed by atoms with Gasteiger partial charge in [-0.2, -0.15) is 0 Å². The molecule has 0 radical (unpaired) electrons. The van der Waals surface area contributed by atoms with Crippen LogP contribution in [0.1, 0.15) is 20.7 Å². The van der Waals surface area contributed by atoms with E-state index in [1.54, 1.807) is 0 Å². The van der Waals surface area contributed by atoms with Crippen LogP contribution in [0.15, 0.2) is 12.1 Å². The Kier molecular flexibility index (Phi) is 3.06. The summed E-state index contributed by atoms with van der Waals surface area (Å²) in [6.07, 6.45) is 0. The first-order chi connectivity index (χ1) is 8.52. The molecule has 0 amide bonds. The third-order valence-corrected chi connectivity index (χ3v) is 3.21. The smallest absolute Gasteiger partial charge is 0.173 e. The predicted molar refractivity (Wildman–Crippen MR) is 59.6 cm³/mol. The number of carbonyl (C=O) groups excluding carboxylic acids is 2. The fourth-order valence-electron chi connectivity index (χ4n) is 2.24. The quantitative estimate of drug-likeness (QED) is 0.537. The van der Waals surface area contributed by atoms with Gasteiger partial charge in [-0.15, -0.1) is 0 Å². The topological polar surface area (TPSA) is 115 Å². The third kappa shape index (κ3) is 1.58. The average Bonchev–Trinajstić information content (AvgIpc) is 2.35. The van der Waals surface area contributed by atoms with Crippen LogP contribution in [0.4, 0.5) is 0 Å². The highest BCUT2D eigenvalue weighted by Gasteiger charge is 2.43. The van der Waals surface area contributed by atoms with Gasteiger partial charge in [0, 0.05) is 0 Å². The van der Waals surface area contributed by atoms with Crippen molar-refractivity contribution in [3.63, 3.8) is 0 Å². The molecule has 2 unspecified atom stereocenters. The number of benzene rings is 1. The number of aliphatic hydroxyl groups excluding tert-OH is 2. The van der Waals surface area contributed by atoms with Crippen molar-refractivity contribution in [3.8, 4) is 11.5 Å². The Balaban J connectivity index is 2.70. The number of aliphatic hydroxyl groups is 2. The van der Waals surface area contributed by atoms with E-state index >= 15 is 0 Å². The van der Waals surface area contributed by atoms with Crippen molar-refractivity contribution in [1.82, 2.24) is 0 Å². The van der Waals surface area contributed by atoms with Gasteiger partial charge in [0.05, 0.1) is 36.2 Å². The minimum atomic E-state index is -1.09. The molecule has 96 valence electrons. The molecule has 1 aliphatic carbocycles. The van der Waals surface area contributed by atoms with E-state index in [2.05, 4.69) is 0 Å². The summed E-state index contributed by atoms with van der Waals surface area (Å²) >= 11 is 0. The number of hydrogen-bond donors (Lipinski definition) is 4. The van der Waals surface area contributed by atoms with Gasteiger partial charge in [-0.05, 0) is 12.1 Å². The van der Waals surface area contributed by atoms with Crippen molar-refractivity contribution in [3.05, 3.63) is 23.3 Å². The normalized spacial score (nSPS) is 23.0. The number of Topliss-reactive ketones (excluding diaryl/α,β-unsaturated/α-hetero) is 2. The first-order valence-electron chi connectivity index (χ1n) is 5.38. The zero-order chi connectivity index (χ0) is 13.4. The fraction of sp³-hybridized carbons (Fsp3) is 0.333. The number of ketones is 2. The van der Waals surface area contributed by atoms with Gasteiger partial charge in [0.2, 0.25) is 0 Å². The Bertz CT molecular complexity index is 475. The molecular weight excluding hydrogens is 240 g/mol. The molecule has 0 aromatic heterocycles. The predicted octanol–water partition coefficient (Wildman–Crippen LogP) is -0.306. The van der Waals surface area contributed by atoms with Crippen molar-refractivity contribution < 1.29 is 30.0 Å². The maximum Gasteiger partial charge on any atom is 0.173 e. The Morgan fingerprint density at radius 1 is 0.833 bits per heavy atom. The van der Waals surface area contributed by atoms with Gasteiger partial charge < -0.3 is 20.4 Å². The van der Waals surface area contributed by atoms with Crippen LogP contribution in [-0.2, 0) is 0 Å². The molecule has 0 aliphatic heterocycles. The fourth-order valence-corrected chi connectivity index (χ4v) is 2.24. The van der Waals surface area contributed by atoms with Gasteiger partial charge >= 0.3 is 0 Å². The maximum absolute atomic E-state index is 12.0. The minimum Gasteiger partial charge on any atom is -0.507 e. The Morgan fingerprint density at radius 3 is 1.44 bits per heavy atom. The number of phenols is 2. The molecule has 4 N–H and O–H groups in total. The summed E-state index contributed by atoms with van der Waals surface area (Å²) in [7, 11) is 0. The number of hydrogen-bond acceptors (Lipinski definition) is 6. The molecule has 0 spiro atoms. The Labute approximate surface area is 102 Å². The van der Waals surface area contributed by atoms with Gasteiger partial charge in [-0.25, -0.2) is 0 Å². The second-order valence-corrected chi connectivity index (χ2v) is 4.16. The number of fused-ring (bicyclic) bond motifs is 1. The summed E-state index contributed by atoms with van der Waals surface area (Å²) in [6, 6.07) is 2.21. The molecule has 1 aromatic carbocycles. The van der Waals surface area contributed by atoms with Crippen molar-refractivity contribution in [1.29, 1.82) is 0 Å². The van der Waals surface area contributed by atoms with E-state index in [0.717, 1.165) is 12.1 Å². The van der Waals surface area contributed by atoms with E-state index in [1.165, 1.54) is 0 Å². The van der Waals surface area contributed by atoms with Gasteiger partial charge in [-0.3, -0.25) is 9.59 Å². The van der Waals surface area contributed by atoms with Crippen molar-refractivity contribution in [2.75, 3.05) is 13.2 Å². The van der Waals surface area contributed by atoms with Crippen LogP contribution in [0.3, 0.4) is 0 Å². The number of aromatic hydroxyl groups is 2. The van der Waals surface area contributed by atoms with E-state index in [4.69, 9.17) is 10.2 Å². The van der Waals surface area contributed by atoms with E-state index in [1.807, 2.05) is 0 Å². The molecule has 18 heavy (non-hydrogen) atoms. The molecule has 2 atom stereocenters. The standard InChI is InChI=1S/C12H12O6/c13-3-5-6(4-14)12(18)10-8(16)2-1-7(15)9(10)11(5)17/h1-2,5-6,13-16H,3-4H2. The van der Waals surface area contributed by atoms with Crippen LogP contribution in [0.2, 0.25) is 0 Å². The van der Waals surface area contributed by atoms with Crippen LogP contribution < -0.4 is 0 Å². The van der Waals surface area contributed by atoms with Crippen LogP contribution in [0, 0.1) is 11.8 Å². The first kappa shape index (κ1) is 12.5. The lowest BCUT2D eigenvalue weighted by atomic mass is 9.74. The van der Waals surface area contributed by atoms with Crippen molar-refractivity contribution >= 4 is 11.6 Å². The molecule has 2 rings (SSSR count). The maximum atomic E-state index is 12.0. The molecule has 6 heteroatoms. The number of rotatable bonds is 2.